The smallest absolute Gasteiger partial charge is 0.261 e. The first-order chi connectivity index (χ1) is 17.2. The molecule has 0 saturated carbocycles. The molecule has 36 heavy (non-hydrogen) atoms. The summed E-state index contributed by atoms with van der Waals surface area (Å²) >= 11 is 6.06. The molecular weight excluding hydrogens is 476 g/mol. The van der Waals surface area contributed by atoms with Crippen molar-refractivity contribution in [2.45, 2.75) is 38.8 Å². The van der Waals surface area contributed by atoms with Gasteiger partial charge in [-0.25, -0.2) is 4.98 Å². The van der Waals surface area contributed by atoms with Crippen molar-refractivity contribution in [3.8, 4) is 11.4 Å². The summed E-state index contributed by atoms with van der Waals surface area (Å²) in [5.74, 6) is 1.32. The number of aliphatic hydroxyl groups is 1. The van der Waals surface area contributed by atoms with E-state index < -0.39 is 6.10 Å². The molecule has 9 heteroatoms. The molecule has 1 aliphatic rings. The summed E-state index contributed by atoms with van der Waals surface area (Å²) in [4.78, 5) is 28.5. The molecule has 0 spiro atoms. The summed E-state index contributed by atoms with van der Waals surface area (Å²) in [5.41, 5.74) is 5.00. The van der Waals surface area contributed by atoms with E-state index in [1.807, 2.05) is 12.1 Å². The molecule has 2 aromatic heterocycles. The van der Waals surface area contributed by atoms with Crippen molar-refractivity contribution in [3.63, 3.8) is 0 Å². The van der Waals surface area contributed by atoms with E-state index in [9.17, 15) is 9.90 Å². The van der Waals surface area contributed by atoms with Gasteiger partial charge in [-0.05, 0) is 61.7 Å². The topological polar surface area (TPSA) is 118 Å². The van der Waals surface area contributed by atoms with Crippen LogP contribution in [0.1, 0.15) is 43.6 Å². The summed E-state index contributed by atoms with van der Waals surface area (Å²) in [6.45, 7) is 7.24. The zero-order valence-electron chi connectivity index (χ0n) is 20.4. The Bertz CT molecular complexity index is 1520. The number of nitrogens with zero attached hydrogens (tertiary/aromatic N) is 2. The number of benzene rings is 2. The second-order valence-electron chi connectivity index (χ2n) is 9.69. The number of anilines is 1. The SMILES string of the molecule is CCc1cc(C2=NCC(C)(C)N2)cc2[nH]c(-c3c(NCC(O)c4cccc(Cl)c4)cc[nH]c3=O)nc12. The van der Waals surface area contributed by atoms with Crippen LogP contribution in [0.3, 0.4) is 0 Å². The number of pyridine rings is 1. The lowest BCUT2D eigenvalue weighted by molar-refractivity contribution is 0.191. The summed E-state index contributed by atoms with van der Waals surface area (Å²) in [6.07, 6.45) is 1.56. The number of aryl methyl sites for hydroxylation is 1. The lowest BCUT2D eigenvalue weighted by Gasteiger charge is -2.18. The van der Waals surface area contributed by atoms with E-state index in [-0.39, 0.29) is 17.6 Å². The van der Waals surface area contributed by atoms with Crippen LogP contribution in [0, 0.1) is 0 Å². The Hall–Kier alpha value is -3.62. The van der Waals surface area contributed by atoms with Crippen LogP contribution in [0.25, 0.3) is 22.4 Å². The zero-order valence-corrected chi connectivity index (χ0v) is 21.2. The van der Waals surface area contributed by atoms with Gasteiger partial charge in [-0.2, -0.15) is 0 Å². The molecule has 0 aliphatic carbocycles. The second-order valence-corrected chi connectivity index (χ2v) is 10.1. The highest BCUT2D eigenvalue weighted by Crippen LogP contribution is 2.28. The van der Waals surface area contributed by atoms with E-state index in [0.717, 1.165) is 34.4 Å². The number of rotatable bonds is 7. The van der Waals surface area contributed by atoms with Gasteiger partial charge < -0.3 is 25.7 Å². The fourth-order valence-electron chi connectivity index (χ4n) is 4.45. The number of aliphatic imine (C=N–C) groups is 1. The van der Waals surface area contributed by atoms with Crippen LogP contribution in [0.4, 0.5) is 5.69 Å². The number of hydrogen-bond acceptors (Lipinski definition) is 6. The van der Waals surface area contributed by atoms with Crippen LogP contribution in [-0.4, -0.2) is 44.5 Å². The maximum atomic E-state index is 12.9. The van der Waals surface area contributed by atoms with E-state index in [0.29, 0.717) is 34.2 Å². The quantitative estimate of drug-likeness (QED) is 0.255. The van der Waals surface area contributed by atoms with Crippen LogP contribution >= 0.6 is 11.6 Å². The molecule has 4 aromatic rings. The van der Waals surface area contributed by atoms with Gasteiger partial charge in [0.15, 0.2) is 0 Å². The number of halogens is 1. The summed E-state index contributed by atoms with van der Waals surface area (Å²) < 4.78 is 0. The van der Waals surface area contributed by atoms with Crippen molar-refractivity contribution < 1.29 is 5.11 Å². The number of aromatic nitrogens is 3. The first kappa shape index (κ1) is 24.1. The minimum absolute atomic E-state index is 0.0800. The van der Waals surface area contributed by atoms with Gasteiger partial charge in [-0.1, -0.05) is 30.7 Å². The molecule has 0 fully saturated rings. The number of amidine groups is 1. The molecule has 3 heterocycles. The third kappa shape index (κ3) is 4.74. The van der Waals surface area contributed by atoms with Gasteiger partial charge in [0.2, 0.25) is 0 Å². The van der Waals surface area contributed by atoms with E-state index in [1.165, 1.54) is 0 Å². The average Bonchev–Trinajstić information content (AvgIpc) is 3.44. The molecule has 0 saturated heterocycles. The van der Waals surface area contributed by atoms with Gasteiger partial charge in [0, 0.05) is 23.3 Å². The fourth-order valence-corrected chi connectivity index (χ4v) is 4.65. The third-order valence-electron chi connectivity index (χ3n) is 6.33. The molecule has 2 aromatic carbocycles. The number of H-pyrrole nitrogens is 2. The van der Waals surface area contributed by atoms with E-state index in [4.69, 9.17) is 16.6 Å². The Morgan fingerprint density at radius 3 is 2.78 bits per heavy atom. The second kappa shape index (κ2) is 9.44. The van der Waals surface area contributed by atoms with Crippen molar-refractivity contribution in [3.05, 3.63) is 80.7 Å². The van der Waals surface area contributed by atoms with Gasteiger partial charge in [0.25, 0.3) is 5.56 Å². The summed E-state index contributed by atoms with van der Waals surface area (Å²) in [7, 11) is 0. The van der Waals surface area contributed by atoms with Crippen molar-refractivity contribution in [1.82, 2.24) is 20.3 Å². The largest absolute Gasteiger partial charge is 0.387 e. The predicted molar refractivity (Wildman–Crippen MR) is 145 cm³/mol. The van der Waals surface area contributed by atoms with Gasteiger partial charge in [-0.3, -0.25) is 9.79 Å². The Labute approximate surface area is 213 Å². The maximum Gasteiger partial charge on any atom is 0.261 e. The molecule has 1 atom stereocenters. The number of nitrogens with one attached hydrogen (secondary N) is 4. The highest BCUT2D eigenvalue weighted by Gasteiger charge is 2.26. The first-order valence-corrected chi connectivity index (χ1v) is 12.4. The predicted octanol–water partition coefficient (Wildman–Crippen LogP) is 4.41. The van der Waals surface area contributed by atoms with Crippen molar-refractivity contribution in [1.29, 1.82) is 0 Å². The van der Waals surface area contributed by atoms with E-state index >= 15 is 0 Å². The molecular formula is C27H29ClN6O2. The summed E-state index contributed by atoms with van der Waals surface area (Å²) in [5, 5.41) is 17.9. The van der Waals surface area contributed by atoms with Crippen LogP contribution in [0.5, 0.6) is 0 Å². The van der Waals surface area contributed by atoms with E-state index in [2.05, 4.69) is 52.4 Å². The van der Waals surface area contributed by atoms with Crippen LogP contribution in [0.2, 0.25) is 5.02 Å². The first-order valence-electron chi connectivity index (χ1n) is 12.0. The summed E-state index contributed by atoms with van der Waals surface area (Å²) in [6, 6.07) is 13.0. The van der Waals surface area contributed by atoms with Gasteiger partial charge in [-0.15, -0.1) is 0 Å². The van der Waals surface area contributed by atoms with Crippen molar-refractivity contribution in [2.75, 3.05) is 18.4 Å². The van der Waals surface area contributed by atoms with Gasteiger partial charge in [0.1, 0.15) is 17.2 Å². The number of fused-ring (bicyclic) bond motifs is 1. The number of aromatic amines is 2. The third-order valence-corrected chi connectivity index (χ3v) is 6.56. The lowest BCUT2D eigenvalue weighted by atomic mass is 10.0. The minimum atomic E-state index is -0.801. The molecule has 1 aliphatic heterocycles. The molecule has 5 N–H and O–H groups in total. The average molecular weight is 505 g/mol. The molecule has 0 radical (unpaired) electrons. The monoisotopic (exact) mass is 504 g/mol. The van der Waals surface area contributed by atoms with Crippen molar-refractivity contribution >= 4 is 34.2 Å². The number of hydrogen-bond donors (Lipinski definition) is 5. The highest BCUT2D eigenvalue weighted by molar-refractivity contribution is 6.30. The van der Waals surface area contributed by atoms with Gasteiger partial charge in [0.05, 0.1) is 34.9 Å². The molecule has 8 nitrogen and oxygen atoms in total. The standard InChI is InChI=1S/C27H29ClN6O2/c1-4-15-10-17(24-31-14-27(2,3)34-24)12-20-23(15)33-25(32-20)22-19(8-9-29-26(22)36)30-13-21(35)16-6-5-7-18(28)11-16/h5-12,21,35H,4,13-14H2,1-3H3,(H,31,34)(H,32,33)(H2,29,30,36). The van der Waals surface area contributed by atoms with Crippen LogP contribution in [-0.2, 0) is 6.42 Å². The Kier molecular flexibility index (Phi) is 6.32. The number of imidazole rings is 1. The molecule has 1 unspecified atom stereocenters. The Morgan fingerprint density at radius 2 is 2.06 bits per heavy atom. The molecule has 0 amide bonds. The van der Waals surface area contributed by atoms with Gasteiger partial charge >= 0.3 is 0 Å². The number of aliphatic hydroxyl groups excluding tert-OH is 1. The molecule has 186 valence electrons. The van der Waals surface area contributed by atoms with Crippen molar-refractivity contribution in [2.24, 2.45) is 4.99 Å². The molecule has 5 rings (SSSR count). The lowest BCUT2D eigenvalue weighted by Crippen LogP contribution is -2.39. The maximum absolute atomic E-state index is 12.9. The van der Waals surface area contributed by atoms with Crippen LogP contribution in [0.15, 0.2) is 58.4 Å². The Balaban J connectivity index is 1.49. The molecule has 0 bridgehead atoms. The minimum Gasteiger partial charge on any atom is -0.387 e. The highest BCUT2D eigenvalue weighted by atomic mass is 35.5. The normalized spacial score (nSPS) is 15.5. The van der Waals surface area contributed by atoms with E-state index in [1.54, 1.807) is 30.5 Å². The Morgan fingerprint density at radius 1 is 1.22 bits per heavy atom. The van der Waals surface area contributed by atoms with Crippen LogP contribution < -0.4 is 16.2 Å². The fraction of sp³-hybridized carbons (Fsp3) is 0.296. The zero-order chi connectivity index (χ0) is 25.4.